The second-order valence-electron chi connectivity index (χ2n) is 11.3. The minimum Gasteiger partial charge on any atom is -0.489 e. The molecule has 5 rings (SSSR count). The number of halogens is 1. The lowest BCUT2D eigenvalue weighted by Crippen LogP contribution is -2.49. The Labute approximate surface area is 288 Å². The van der Waals surface area contributed by atoms with Crippen LogP contribution in [0.4, 0.5) is 5.69 Å². The van der Waals surface area contributed by atoms with Crippen molar-refractivity contribution in [3.8, 4) is 16.9 Å². The predicted octanol–water partition coefficient (Wildman–Crippen LogP) is 6.58. The number of hydrogen-bond donors (Lipinski definition) is 2. The fraction of sp³-hybridized carbons (Fsp3) is 0.135. The van der Waals surface area contributed by atoms with Gasteiger partial charge in [-0.05, 0) is 59.0 Å². The molecule has 1 atom stereocenters. The third kappa shape index (κ3) is 9.53. The zero-order valence-corrected chi connectivity index (χ0v) is 27.9. The third-order valence-corrected chi connectivity index (χ3v) is 9.29. The van der Waals surface area contributed by atoms with Gasteiger partial charge in [0.25, 0.3) is 21.6 Å². The van der Waals surface area contributed by atoms with Crippen LogP contribution >= 0.6 is 11.6 Å². The Kier molecular flexibility index (Phi) is 11.1. The van der Waals surface area contributed by atoms with E-state index >= 15 is 0 Å². The minimum atomic E-state index is -4.56. The molecule has 0 aliphatic heterocycles. The summed E-state index contributed by atoms with van der Waals surface area (Å²) in [6, 6.07) is 33.8. The van der Waals surface area contributed by atoms with Gasteiger partial charge >= 0.3 is 0 Å². The van der Waals surface area contributed by atoms with Crippen LogP contribution in [0, 0.1) is 17.0 Å². The topological polar surface area (TPSA) is 145 Å². The first-order valence-electron chi connectivity index (χ1n) is 15.2. The van der Waals surface area contributed by atoms with E-state index in [1.54, 1.807) is 36.4 Å². The lowest BCUT2D eigenvalue weighted by atomic mass is 10.0. The largest absolute Gasteiger partial charge is 0.489 e. The fourth-order valence-electron chi connectivity index (χ4n) is 4.96. The zero-order valence-electron chi connectivity index (χ0n) is 26.3. The van der Waals surface area contributed by atoms with Crippen LogP contribution in [0.1, 0.15) is 22.3 Å². The maximum Gasteiger partial charge on any atom is 0.289 e. The maximum atomic E-state index is 13.4. The van der Waals surface area contributed by atoms with E-state index in [1.165, 1.54) is 0 Å². The van der Waals surface area contributed by atoms with E-state index in [0.29, 0.717) is 23.5 Å². The second kappa shape index (κ2) is 15.6. The molecule has 0 aromatic heterocycles. The van der Waals surface area contributed by atoms with Crippen LogP contribution in [-0.4, -0.2) is 31.2 Å². The average molecular weight is 698 g/mol. The molecule has 0 spiro atoms. The molecule has 10 nitrogen and oxygen atoms in total. The Hall–Kier alpha value is -5.52. The number of nitro benzene ring substituents is 1. The lowest BCUT2D eigenvalue weighted by molar-refractivity contribution is -0.384. The van der Waals surface area contributed by atoms with Crippen molar-refractivity contribution in [3.05, 3.63) is 159 Å². The van der Waals surface area contributed by atoms with Crippen molar-refractivity contribution in [2.75, 3.05) is 0 Å². The zero-order chi connectivity index (χ0) is 35.0. The highest BCUT2D eigenvalue weighted by Crippen LogP contribution is 2.27. The van der Waals surface area contributed by atoms with Gasteiger partial charge in [-0.15, -0.1) is 0 Å². The number of nitro groups is 1. The number of ether oxygens (including phenoxy) is 1. The van der Waals surface area contributed by atoms with Gasteiger partial charge in [-0.1, -0.05) is 108 Å². The molecule has 2 N–H and O–H groups in total. The summed E-state index contributed by atoms with van der Waals surface area (Å²) >= 11 is 5.83. The molecule has 0 aliphatic carbocycles. The van der Waals surface area contributed by atoms with E-state index in [2.05, 4.69) is 5.32 Å². The van der Waals surface area contributed by atoms with Crippen LogP contribution in [0.5, 0.6) is 5.75 Å². The quantitative estimate of drug-likeness (QED) is 0.104. The number of benzene rings is 5. The predicted molar refractivity (Wildman–Crippen MR) is 187 cm³/mol. The minimum absolute atomic E-state index is 0.0424. The standard InChI is InChI=1S/C37H32ClN3O7S/c1-25-7-9-27(10-8-25)22-36(42)39-34(37(43)40-49(46,47)32-19-20-33(38)35(23-32)41(44)45)21-26-13-17-31(18-14-26)48-24-28-11-15-30(16-12-28)29-5-3-2-4-6-29/h2-20,23,34H,21-22,24H2,1H3,(H,39,42)(H,40,43). The van der Waals surface area contributed by atoms with Crippen LogP contribution in [0.15, 0.2) is 126 Å². The number of nitrogens with zero attached hydrogens (tertiary/aromatic N) is 1. The van der Waals surface area contributed by atoms with Gasteiger partial charge in [0.15, 0.2) is 0 Å². The van der Waals surface area contributed by atoms with Crippen molar-refractivity contribution in [3.63, 3.8) is 0 Å². The SMILES string of the molecule is Cc1ccc(CC(=O)NC(Cc2ccc(OCc3ccc(-c4ccccc4)cc3)cc2)C(=O)NS(=O)(=O)c2ccc(Cl)c([N+](=O)[O-])c2)cc1. The molecule has 5 aromatic rings. The Morgan fingerprint density at radius 1 is 0.816 bits per heavy atom. The Morgan fingerprint density at radius 2 is 1.43 bits per heavy atom. The van der Waals surface area contributed by atoms with Gasteiger partial charge in [-0.2, -0.15) is 0 Å². The van der Waals surface area contributed by atoms with Crippen molar-refractivity contribution in [1.29, 1.82) is 0 Å². The molecule has 12 heteroatoms. The van der Waals surface area contributed by atoms with E-state index in [-0.39, 0.29) is 17.9 Å². The van der Waals surface area contributed by atoms with Crippen LogP contribution < -0.4 is 14.8 Å². The molecule has 2 amide bonds. The average Bonchev–Trinajstić information content (AvgIpc) is 3.09. The molecular weight excluding hydrogens is 666 g/mol. The van der Waals surface area contributed by atoms with E-state index in [9.17, 15) is 28.1 Å². The first kappa shape index (κ1) is 34.8. The fourth-order valence-corrected chi connectivity index (χ4v) is 6.18. The van der Waals surface area contributed by atoms with Crippen LogP contribution in [0.3, 0.4) is 0 Å². The highest BCUT2D eigenvalue weighted by molar-refractivity contribution is 7.90. The van der Waals surface area contributed by atoms with Gasteiger partial charge in [-0.25, -0.2) is 13.1 Å². The van der Waals surface area contributed by atoms with Gasteiger partial charge < -0.3 is 10.1 Å². The summed E-state index contributed by atoms with van der Waals surface area (Å²) in [5.41, 5.74) is 4.91. The molecule has 0 aliphatic rings. The maximum absolute atomic E-state index is 13.4. The molecule has 49 heavy (non-hydrogen) atoms. The summed E-state index contributed by atoms with van der Waals surface area (Å²) in [6.07, 6.45) is -0.0950. The van der Waals surface area contributed by atoms with Crippen LogP contribution in [0.25, 0.3) is 11.1 Å². The highest BCUT2D eigenvalue weighted by Gasteiger charge is 2.28. The summed E-state index contributed by atoms with van der Waals surface area (Å²) in [5, 5.41) is 13.7. The number of sulfonamides is 1. The van der Waals surface area contributed by atoms with E-state index in [4.69, 9.17) is 16.3 Å². The Bertz CT molecular complexity index is 2060. The summed E-state index contributed by atoms with van der Waals surface area (Å²) < 4.78 is 34.1. The van der Waals surface area contributed by atoms with Gasteiger partial charge in [0.2, 0.25) is 5.91 Å². The first-order valence-corrected chi connectivity index (χ1v) is 17.0. The molecule has 0 heterocycles. The molecule has 5 aromatic carbocycles. The van der Waals surface area contributed by atoms with Crippen molar-refractivity contribution < 1.29 is 27.7 Å². The monoisotopic (exact) mass is 697 g/mol. The number of nitrogens with one attached hydrogen (secondary N) is 2. The number of carbonyl (C=O) groups is 2. The molecule has 0 saturated heterocycles. The normalized spacial score (nSPS) is 11.7. The first-order chi connectivity index (χ1) is 23.5. The smallest absolute Gasteiger partial charge is 0.289 e. The molecule has 0 saturated carbocycles. The van der Waals surface area contributed by atoms with E-state index in [1.807, 2.05) is 78.4 Å². The van der Waals surface area contributed by atoms with Gasteiger partial charge in [0.1, 0.15) is 23.4 Å². The summed E-state index contributed by atoms with van der Waals surface area (Å²) in [4.78, 5) is 36.4. The summed E-state index contributed by atoms with van der Waals surface area (Å²) in [5.74, 6) is -0.942. The summed E-state index contributed by atoms with van der Waals surface area (Å²) in [6.45, 7) is 2.24. The van der Waals surface area contributed by atoms with Crippen molar-refractivity contribution in [2.24, 2.45) is 0 Å². The van der Waals surface area contributed by atoms with Crippen molar-refractivity contribution in [2.45, 2.75) is 37.3 Å². The van der Waals surface area contributed by atoms with E-state index < -0.39 is 43.4 Å². The Balaban J connectivity index is 1.28. The van der Waals surface area contributed by atoms with Crippen molar-refractivity contribution >= 4 is 39.1 Å². The number of amides is 2. The molecule has 1 unspecified atom stereocenters. The van der Waals surface area contributed by atoms with Crippen LogP contribution in [-0.2, 0) is 39.1 Å². The molecular formula is C37H32ClN3O7S. The third-order valence-electron chi connectivity index (χ3n) is 7.63. The van der Waals surface area contributed by atoms with Crippen molar-refractivity contribution in [1.82, 2.24) is 10.0 Å². The Morgan fingerprint density at radius 3 is 2.08 bits per heavy atom. The van der Waals surface area contributed by atoms with Gasteiger partial charge in [0.05, 0.1) is 16.2 Å². The molecule has 250 valence electrons. The highest BCUT2D eigenvalue weighted by atomic mass is 35.5. The number of rotatable bonds is 13. The van der Waals surface area contributed by atoms with Gasteiger partial charge in [0, 0.05) is 12.5 Å². The summed E-state index contributed by atoms with van der Waals surface area (Å²) in [7, 11) is -4.56. The number of hydrogen-bond acceptors (Lipinski definition) is 7. The molecule has 0 radical (unpaired) electrons. The molecule has 0 bridgehead atoms. The van der Waals surface area contributed by atoms with Crippen LogP contribution in [0.2, 0.25) is 5.02 Å². The number of carbonyl (C=O) groups excluding carboxylic acids is 2. The lowest BCUT2D eigenvalue weighted by Gasteiger charge is -2.19. The van der Waals surface area contributed by atoms with E-state index in [0.717, 1.165) is 40.5 Å². The number of aryl methyl sites for hydroxylation is 1. The molecule has 0 fully saturated rings. The second-order valence-corrected chi connectivity index (χ2v) is 13.4. The van der Waals surface area contributed by atoms with Gasteiger partial charge in [-0.3, -0.25) is 19.7 Å².